The lowest BCUT2D eigenvalue weighted by atomic mass is 10.1. The van der Waals surface area contributed by atoms with Crippen LogP contribution < -0.4 is 15.4 Å². The molecule has 130 valence electrons. The van der Waals surface area contributed by atoms with E-state index in [0.29, 0.717) is 0 Å². The molecule has 23 heavy (non-hydrogen) atoms. The van der Waals surface area contributed by atoms with E-state index >= 15 is 0 Å². The van der Waals surface area contributed by atoms with Crippen LogP contribution in [0.1, 0.15) is 24.8 Å². The molecule has 0 bridgehead atoms. The minimum atomic E-state index is 0. The maximum Gasteiger partial charge on any atom is 0.191 e. The number of rotatable bonds is 7. The molecule has 0 radical (unpaired) electrons. The normalized spacial score (nSPS) is 17.5. The second-order valence-corrected chi connectivity index (χ2v) is 6.88. The van der Waals surface area contributed by atoms with Gasteiger partial charge in [0.25, 0.3) is 0 Å². The summed E-state index contributed by atoms with van der Waals surface area (Å²) < 4.78 is 5.25. The molecule has 1 aromatic carbocycles. The van der Waals surface area contributed by atoms with E-state index in [4.69, 9.17) is 4.74 Å². The van der Waals surface area contributed by atoms with E-state index in [0.717, 1.165) is 42.9 Å². The second kappa shape index (κ2) is 11.8. The zero-order valence-corrected chi connectivity index (χ0v) is 17.2. The van der Waals surface area contributed by atoms with E-state index in [1.807, 2.05) is 19.2 Å². The van der Waals surface area contributed by atoms with Gasteiger partial charge in [-0.15, -0.1) is 24.0 Å². The Morgan fingerprint density at radius 2 is 2.26 bits per heavy atom. The number of ether oxygens (including phenoxy) is 1. The summed E-state index contributed by atoms with van der Waals surface area (Å²) in [5.74, 6) is 3.15. The fraction of sp³-hybridized carbons (Fsp3) is 0.588. The van der Waals surface area contributed by atoms with Crippen LogP contribution in [-0.2, 0) is 6.42 Å². The molecule has 1 unspecified atom stereocenters. The van der Waals surface area contributed by atoms with Gasteiger partial charge < -0.3 is 15.4 Å². The van der Waals surface area contributed by atoms with Gasteiger partial charge in [0, 0.05) is 25.4 Å². The van der Waals surface area contributed by atoms with Crippen molar-refractivity contribution < 1.29 is 4.74 Å². The Morgan fingerprint density at radius 1 is 1.39 bits per heavy atom. The monoisotopic (exact) mass is 449 g/mol. The first-order valence-corrected chi connectivity index (χ1v) is 9.05. The van der Waals surface area contributed by atoms with Crippen LogP contribution in [0, 0.1) is 0 Å². The molecule has 0 spiro atoms. The third-order valence-electron chi connectivity index (χ3n) is 3.81. The lowest BCUT2D eigenvalue weighted by Crippen LogP contribution is -2.40. The molecule has 2 rings (SSSR count). The molecular weight excluding hydrogens is 421 g/mol. The summed E-state index contributed by atoms with van der Waals surface area (Å²) in [7, 11) is 3.54. The van der Waals surface area contributed by atoms with Gasteiger partial charge in [0.05, 0.1) is 7.11 Å². The summed E-state index contributed by atoms with van der Waals surface area (Å²) in [6.45, 7) is 1.94. The SMILES string of the molecule is CN=C(NCCCc1cccc(OC)c1)NCC1CCCS1.I. The van der Waals surface area contributed by atoms with Gasteiger partial charge in [-0.05, 0) is 49.1 Å². The van der Waals surface area contributed by atoms with Gasteiger partial charge in [-0.25, -0.2) is 0 Å². The number of thioether (sulfide) groups is 1. The van der Waals surface area contributed by atoms with Crippen molar-refractivity contribution in [3.05, 3.63) is 29.8 Å². The highest BCUT2D eigenvalue weighted by molar-refractivity contribution is 14.0. The highest BCUT2D eigenvalue weighted by Crippen LogP contribution is 2.25. The van der Waals surface area contributed by atoms with Crippen molar-refractivity contribution in [2.75, 3.05) is 33.0 Å². The Labute approximate surface area is 161 Å². The number of aryl methyl sites for hydroxylation is 1. The number of benzene rings is 1. The van der Waals surface area contributed by atoms with Crippen LogP contribution >= 0.6 is 35.7 Å². The molecule has 0 saturated carbocycles. The van der Waals surface area contributed by atoms with Crippen molar-refractivity contribution in [3.8, 4) is 5.75 Å². The van der Waals surface area contributed by atoms with Crippen molar-refractivity contribution >= 4 is 41.7 Å². The quantitative estimate of drug-likeness (QED) is 0.290. The largest absolute Gasteiger partial charge is 0.497 e. The number of guanidine groups is 1. The van der Waals surface area contributed by atoms with Gasteiger partial charge in [0.15, 0.2) is 5.96 Å². The summed E-state index contributed by atoms with van der Waals surface area (Å²) in [6, 6.07) is 8.27. The predicted molar refractivity (Wildman–Crippen MR) is 112 cm³/mol. The molecule has 0 aliphatic carbocycles. The molecule has 0 aromatic heterocycles. The number of hydrogen-bond donors (Lipinski definition) is 2. The number of halogens is 1. The predicted octanol–water partition coefficient (Wildman–Crippen LogP) is 3.31. The van der Waals surface area contributed by atoms with Crippen molar-refractivity contribution in [2.45, 2.75) is 30.9 Å². The van der Waals surface area contributed by atoms with Crippen LogP contribution in [0.2, 0.25) is 0 Å². The maximum atomic E-state index is 5.25. The molecule has 1 aromatic rings. The lowest BCUT2D eigenvalue weighted by Gasteiger charge is -2.14. The molecule has 1 saturated heterocycles. The Morgan fingerprint density at radius 3 is 2.96 bits per heavy atom. The summed E-state index contributed by atoms with van der Waals surface area (Å²) in [5, 5.41) is 7.56. The van der Waals surface area contributed by atoms with Gasteiger partial charge >= 0.3 is 0 Å². The zero-order chi connectivity index (χ0) is 15.6. The molecule has 4 nitrogen and oxygen atoms in total. The van der Waals surface area contributed by atoms with Crippen molar-refractivity contribution in [3.63, 3.8) is 0 Å². The van der Waals surface area contributed by atoms with E-state index < -0.39 is 0 Å². The standard InChI is InChI=1S/C17H27N3OS.HI/c1-18-17(20-13-16-9-5-11-22-16)19-10-4-7-14-6-3-8-15(12-14)21-2;/h3,6,8,12,16H,4-5,7,9-11,13H2,1-2H3,(H2,18,19,20);1H. The Balaban J connectivity index is 0.00000264. The smallest absolute Gasteiger partial charge is 0.191 e. The fourth-order valence-electron chi connectivity index (χ4n) is 2.56. The highest BCUT2D eigenvalue weighted by Gasteiger charge is 2.15. The Kier molecular flexibility index (Phi) is 10.5. The summed E-state index contributed by atoms with van der Waals surface area (Å²) in [6.07, 6.45) is 4.79. The molecule has 0 amide bonds. The Bertz CT molecular complexity index is 479. The minimum absolute atomic E-state index is 0. The average Bonchev–Trinajstić information content (AvgIpc) is 3.08. The van der Waals surface area contributed by atoms with E-state index in [-0.39, 0.29) is 24.0 Å². The van der Waals surface area contributed by atoms with Gasteiger partial charge in [-0.1, -0.05) is 12.1 Å². The molecular formula is C17H28IN3OS. The molecule has 1 fully saturated rings. The third-order valence-corrected chi connectivity index (χ3v) is 5.21. The highest BCUT2D eigenvalue weighted by atomic mass is 127. The maximum absolute atomic E-state index is 5.25. The van der Waals surface area contributed by atoms with Gasteiger partial charge in [-0.2, -0.15) is 11.8 Å². The van der Waals surface area contributed by atoms with Crippen LogP contribution in [0.3, 0.4) is 0 Å². The molecule has 1 heterocycles. The van der Waals surface area contributed by atoms with Crippen molar-refractivity contribution in [1.29, 1.82) is 0 Å². The van der Waals surface area contributed by atoms with Crippen LogP contribution in [0.25, 0.3) is 0 Å². The number of nitrogens with zero attached hydrogens (tertiary/aromatic N) is 1. The first-order chi connectivity index (χ1) is 10.8. The van der Waals surface area contributed by atoms with E-state index in [1.54, 1.807) is 7.11 Å². The van der Waals surface area contributed by atoms with E-state index in [2.05, 4.69) is 39.5 Å². The third kappa shape index (κ3) is 7.65. The van der Waals surface area contributed by atoms with Crippen molar-refractivity contribution in [2.24, 2.45) is 4.99 Å². The van der Waals surface area contributed by atoms with Gasteiger partial charge in [0.2, 0.25) is 0 Å². The first-order valence-electron chi connectivity index (χ1n) is 8.01. The molecule has 1 aliphatic rings. The van der Waals surface area contributed by atoms with Gasteiger partial charge in [0.1, 0.15) is 5.75 Å². The number of hydrogen-bond acceptors (Lipinski definition) is 3. The van der Waals surface area contributed by atoms with Crippen LogP contribution in [0.4, 0.5) is 0 Å². The zero-order valence-electron chi connectivity index (χ0n) is 14.0. The summed E-state index contributed by atoms with van der Waals surface area (Å²) in [4.78, 5) is 4.29. The van der Waals surface area contributed by atoms with Gasteiger partial charge in [-0.3, -0.25) is 4.99 Å². The molecule has 1 atom stereocenters. The Hall–Kier alpha value is -0.630. The summed E-state index contributed by atoms with van der Waals surface area (Å²) >= 11 is 2.07. The molecule has 6 heteroatoms. The number of nitrogens with one attached hydrogen (secondary N) is 2. The number of methoxy groups -OCH3 is 1. The van der Waals surface area contributed by atoms with E-state index in [1.165, 1.54) is 24.2 Å². The van der Waals surface area contributed by atoms with Crippen LogP contribution in [0.5, 0.6) is 5.75 Å². The van der Waals surface area contributed by atoms with Crippen LogP contribution in [-0.4, -0.2) is 44.2 Å². The van der Waals surface area contributed by atoms with Crippen LogP contribution in [0.15, 0.2) is 29.3 Å². The fourth-order valence-corrected chi connectivity index (χ4v) is 3.76. The summed E-state index contributed by atoms with van der Waals surface area (Å²) in [5.41, 5.74) is 1.31. The lowest BCUT2D eigenvalue weighted by molar-refractivity contribution is 0.414. The first kappa shape index (κ1) is 20.4. The second-order valence-electron chi connectivity index (χ2n) is 5.47. The van der Waals surface area contributed by atoms with E-state index in [9.17, 15) is 0 Å². The topological polar surface area (TPSA) is 45.7 Å². The average molecular weight is 449 g/mol. The molecule has 2 N–H and O–H groups in total. The molecule has 1 aliphatic heterocycles. The minimum Gasteiger partial charge on any atom is -0.497 e. The van der Waals surface area contributed by atoms with Crippen molar-refractivity contribution in [1.82, 2.24) is 10.6 Å². The number of aliphatic imine (C=N–C) groups is 1.